The molecule has 0 radical (unpaired) electrons. The van der Waals surface area contributed by atoms with Gasteiger partial charge in [-0.3, -0.25) is 4.79 Å². The lowest BCUT2D eigenvalue weighted by Crippen LogP contribution is -2.17. The molecule has 0 saturated heterocycles. The molecule has 0 aliphatic heterocycles. The molecular formula is C13H16O4. The maximum atomic E-state index is 11.0. The third-order valence-corrected chi connectivity index (χ3v) is 2.16. The standard InChI is InChI=1S/C13H16O4/c1-9(2)11-4-6-12(7-5-11)16-8-13(15)17-10(3)14/h4-7,9H,8H2,1-3H3. The number of hydrogen-bond acceptors (Lipinski definition) is 4. The fraction of sp³-hybridized carbons (Fsp3) is 0.385. The zero-order chi connectivity index (χ0) is 12.8. The minimum Gasteiger partial charge on any atom is -0.482 e. The van der Waals surface area contributed by atoms with E-state index in [4.69, 9.17) is 4.74 Å². The van der Waals surface area contributed by atoms with E-state index < -0.39 is 11.9 Å². The van der Waals surface area contributed by atoms with Crippen LogP contribution in [0.15, 0.2) is 24.3 Å². The van der Waals surface area contributed by atoms with Crippen molar-refractivity contribution < 1.29 is 19.1 Å². The molecule has 0 aliphatic rings. The van der Waals surface area contributed by atoms with Crippen LogP contribution in [-0.2, 0) is 14.3 Å². The van der Waals surface area contributed by atoms with E-state index in [-0.39, 0.29) is 6.61 Å². The van der Waals surface area contributed by atoms with E-state index in [1.54, 1.807) is 12.1 Å². The molecule has 17 heavy (non-hydrogen) atoms. The van der Waals surface area contributed by atoms with Gasteiger partial charge in [0.25, 0.3) is 0 Å². The number of rotatable bonds is 4. The number of esters is 2. The molecular weight excluding hydrogens is 220 g/mol. The second-order valence-electron chi connectivity index (χ2n) is 3.98. The molecule has 0 amide bonds. The van der Waals surface area contributed by atoms with Crippen LogP contribution >= 0.6 is 0 Å². The topological polar surface area (TPSA) is 52.6 Å². The van der Waals surface area contributed by atoms with Crippen LogP contribution in [0.4, 0.5) is 0 Å². The van der Waals surface area contributed by atoms with E-state index in [0.717, 1.165) is 0 Å². The molecule has 0 unspecified atom stereocenters. The number of ether oxygens (including phenoxy) is 2. The quantitative estimate of drug-likeness (QED) is 0.594. The fourth-order valence-corrected chi connectivity index (χ4v) is 1.28. The molecule has 1 aromatic rings. The molecule has 4 heteroatoms. The number of carbonyl (C=O) groups excluding carboxylic acids is 2. The molecule has 4 nitrogen and oxygen atoms in total. The second-order valence-corrected chi connectivity index (χ2v) is 3.98. The monoisotopic (exact) mass is 236 g/mol. The summed E-state index contributed by atoms with van der Waals surface area (Å²) >= 11 is 0. The maximum Gasteiger partial charge on any atom is 0.351 e. The van der Waals surface area contributed by atoms with E-state index in [1.165, 1.54) is 12.5 Å². The van der Waals surface area contributed by atoms with Gasteiger partial charge in [-0.2, -0.15) is 0 Å². The van der Waals surface area contributed by atoms with Gasteiger partial charge in [0, 0.05) is 6.92 Å². The van der Waals surface area contributed by atoms with Gasteiger partial charge in [0.1, 0.15) is 5.75 Å². The predicted molar refractivity (Wildman–Crippen MR) is 62.8 cm³/mol. The largest absolute Gasteiger partial charge is 0.482 e. The second kappa shape index (κ2) is 6.03. The highest BCUT2D eigenvalue weighted by atomic mass is 16.6. The Labute approximate surface area is 101 Å². The van der Waals surface area contributed by atoms with Gasteiger partial charge in [0.15, 0.2) is 6.61 Å². The van der Waals surface area contributed by atoms with Gasteiger partial charge in [-0.1, -0.05) is 26.0 Å². The Balaban J connectivity index is 2.47. The molecule has 0 heterocycles. The van der Waals surface area contributed by atoms with Crippen molar-refractivity contribution in [1.29, 1.82) is 0 Å². The van der Waals surface area contributed by atoms with Gasteiger partial charge >= 0.3 is 11.9 Å². The van der Waals surface area contributed by atoms with Crippen LogP contribution in [0, 0.1) is 0 Å². The Morgan fingerprint density at radius 2 is 1.76 bits per heavy atom. The van der Waals surface area contributed by atoms with Crippen LogP contribution in [0.5, 0.6) is 5.75 Å². The van der Waals surface area contributed by atoms with Crippen molar-refractivity contribution >= 4 is 11.9 Å². The summed E-state index contributed by atoms with van der Waals surface area (Å²) in [6.07, 6.45) is 0. The average Bonchev–Trinajstić information content (AvgIpc) is 2.26. The normalized spacial score (nSPS) is 10.1. The molecule has 0 saturated carbocycles. The first-order valence-electron chi connectivity index (χ1n) is 5.43. The molecule has 0 spiro atoms. The van der Waals surface area contributed by atoms with Gasteiger partial charge < -0.3 is 9.47 Å². The summed E-state index contributed by atoms with van der Waals surface area (Å²) in [6.45, 7) is 5.11. The van der Waals surface area contributed by atoms with Crippen molar-refractivity contribution in [3.05, 3.63) is 29.8 Å². The molecule has 0 N–H and O–H groups in total. The Hall–Kier alpha value is -1.84. The molecule has 1 rings (SSSR count). The van der Waals surface area contributed by atoms with E-state index in [0.29, 0.717) is 11.7 Å². The summed E-state index contributed by atoms with van der Waals surface area (Å²) in [6, 6.07) is 7.46. The van der Waals surface area contributed by atoms with Crippen LogP contribution in [0.2, 0.25) is 0 Å². The minimum absolute atomic E-state index is 0.263. The van der Waals surface area contributed by atoms with Gasteiger partial charge in [-0.15, -0.1) is 0 Å². The van der Waals surface area contributed by atoms with Crippen molar-refractivity contribution in [2.75, 3.05) is 6.61 Å². The Bertz CT molecular complexity index is 392. The molecule has 0 aliphatic carbocycles. The zero-order valence-corrected chi connectivity index (χ0v) is 10.2. The summed E-state index contributed by atoms with van der Waals surface area (Å²) in [7, 11) is 0. The van der Waals surface area contributed by atoms with Gasteiger partial charge in [0.2, 0.25) is 0 Å². The van der Waals surface area contributed by atoms with E-state index in [1.807, 2.05) is 12.1 Å². The van der Waals surface area contributed by atoms with Crippen LogP contribution in [-0.4, -0.2) is 18.5 Å². The van der Waals surface area contributed by atoms with Crippen LogP contribution in [0.1, 0.15) is 32.3 Å². The Morgan fingerprint density at radius 3 is 2.24 bits per heavy atom. The first kappa shape index (κ1) is 13.2. The van der Waals surface area contributed by atoms with Gasteiger partial charge in [0.05, 0.1) is 0 Å². The summed E-state index contributed by atoms with van der Waals surface area (Å²) < 4.78 is 9.51. The molecule has 92 valence electrons. The highest BCUT2D eigenvalue weighted by molar-refractivity contribution is 5.84. The number of carbonyl (C=O) groups is 2. The van der Waals surface area contributed by atoms with Crippen molar-refractivity contribution in [2.45, 2.75) is 26.7 Å². The van der Waals surface area contributed by atoms with E-state index in [2.05, 4.69) is 18.6 Å². The molecule has 0 bridgehead atoms. The summed E-state index contributed by atoms with van der Waals surface area (Å²) in [5, 5.41) is 0. The summed E-state index contributed by atoms with van der Waals surface area (Å²) in [5.74, 6) is -0.291. The lowest BCUT2D eigenvalue weighted by molar-refractivity contribution is -0.159. The van der Waals surface area contributed by atoms with Crippen LogP contribution in [0.3, 0.4) is 0 Å². The van der Waals surface area contributed by atoms with Crippen molar-refractivity contribution in [2.24, 2.45) is 0 Å². The maximum absolute atomic E-state index is 11.0. The fourth-order valence-electron chi connectivity index (χ4n) is 1.28. The zero-order valence-electron chi connectivity index (χ0n) is 10.2. The van der Waals surface area contributed by atoms with E-state index in [9.17, 15) is 9.59 Å². The highest BCUT2D eigenvalue weighted by Crippen LogP contribution is 2.18. The van der Waals surface area contributed by atoms with Crippen LogP contribution < -0.4 is 4.74 Å². The lowest BCUT2D eigenvalue weighted by atomic mass is 10.0. The molecule has 1 aromatic carbocycles. The number of hydrogen-bond donors (Lipinski definition) is 0. The minimum atomic E-state index is -0.689. The van der Waals surface area contributed by atoms with Crippen molar-refractivity contribution in [3.8, 4) is 5.75 Å². The summed E-state index contributed by atoms with van der Waals surface area (Å²) in [5.41, 5.74) is 1.20. The third-order valence-electron chi connectivity index (χ3n) is 2.16. The Kier molecular flexibility index (Phi) is 4.69. The van der Waals surface area contributed by atoms with Crippen molar-refractivity contribution in [1.82, 2.24) is 0 Å². The third kappa shape index (κ3) is 4.68. The SMILES string of the molecule is CC(=O)OC(=O)COc1ccc(C(C)C)cc1. The average molecular weight is 236 g/mol. The number of benzene rings is 1. The first-order chi connectivity index (χ1) is 7.99. The van der Waals surface area contributed by atoms with Gasteiger partial charge in [-0.25, -0.2) is 4.79 Å². The summed E-state index contributed by atoms with van der Waals surface area (Å²) in [4.78, 5) is 21.5. The predicted octanol–water partition coefficient (Wildman–Crippen LogP) is 2.28. The highest BCUT2D eigenvalue weighted by Gasteiger charge is 2.07. The molecule has 0 aromatic heterocycles. The smallest absolute Gasteiger partial charge is 0.351 e. The molecule has 0 atom stereocenters. The molecule has 0 fully saturated rings. The van der Waals surface area contributed by atoms with E-state index >= 15 is 0 Å². The van der Waals surface area contributed by atoms with Crippen molar-refractivity contribution in [3.63, 3.8) is 0 Å². The lowest BCUT2D eigenvalue weighted by Gasteiger charge is -2.08. The first-order valence-corrected chi connectivity index (χ1v) is 5.43. The van der Waals surface area contributed by atoms with Gasteiger partial charge in [-0.05, 0) is 23.6 Å². The Morgan fingerprint density at radius 1 is 1.18 bits per heavy atom. The van der Waals surface area contributed by atoms with Crippen LogP contribution in [0.25, 0.3) is 0 Å².